The highest BCUT2D eigenvalue weighted by molar-refractivity contribution is 5.92. The van der Waals surface area contributed by atoms with E-state index >= 15 is 0 Å². The Balaban J connectivity index is 2.42. The summed E-state index contributed by atoms with van der Waals surface area (Å²) >= 11 is 0. The lowest BCUT2D eigenvalue weighted by Crippen LogP contribution is -2.21. The Hall–Kier alpha value is -2.14. The monoisotopic (exact) mass is 272 g/mol. The summed E-state index contributed by atoms with van der Waals surface area (Å²) in [5, 5.41) is 7.69. The molecule has 1 heterocycles. The van der Waals surface area contributed by atoms with Crippen molar-refractivity contribution in [2.24, 2.45) is 5.73 Å². The third-order valence-corrected chi connectivity index (χ3v) is 3.28. The summed E-state index contributed by atoms with van der Waals surface area (Å²) in [4.78, 5) is 11.2. The molecule has 1 atom stereocenters. The van der Waals surface area contributed by atoms with Gasteiger partial charge in [0.05, 0.1) is 17.4 Å². The summed E-state index contributed by atoms with van der Waals surface area (Å²) in [7, 11) is 0. The molecule has 0 saturated heterocycles. The molecule has 1 aromatic carbocycles. The molecule has 2 aromatic rings. The van der Waals surface area contributed by atoms with Gasteiger partial charge in [0, 0.05) is 12.2 Å². The van der Waals surface area contributed by atoms with Gasteiger partial charge in [-0.1, -0.05) is 32.0 Å². The first kappa shape index (κ1) is 14.3. The molecule has 0 bridgehead atoms. The Labute approximate surface area is 118 Å². The van der Waals surface area contributed by atoms with Crippen LogP contribution in [0.3, 0.4) is 0 Å². The van der Waals surface area contributed by atoms with E-state index in [0.717, 1.165) is 24.2 Å². The molecule has 0 aliphatic carbocycles. The summed E-state index contributed by atoms with van der Waals surface area (Å²) in [6.07, 6.45) is 4.14. The highest BCUT2D eigenvalue weighted by atomic mass is 16.1. The molecule has 20 heavy (non-hydrogen) atoms. The fourth-order valence-electron chi connectivity index (χ4n) is 2.29. The second kappa shape index (κ2) is 6.34. The van der Waals surface area contributed by atoms with Crippen LogP contribution >= 0.6 is 0 Å². The molecule has 0 radical (unpaired) electrons. The molecule has 1 unspecified atom stereocenters. The maximum Gasteiger partial charge on any atom is 0.251 e. The van der Waals surface area contributed by atoms with Gasteiger partial charge >= 0.3 is 0 Å². The van der Waals surface area contributed by atoms with E-state index in [1.165, 1.54) is 6.20 Å². The molecule has 0 aliphatic rings. The van der Waals surface area contributed by atoms with Crippen molar-refractivity contribution in [1.82, 2.24) is 15.1 Å². The number of rotatable bonds is 6. The zero-order chi connectivity index (χ0) is 14.5. The predicted octanol–water partition coefficient (Wildman–Crippen LogP) is 2.03. The van der Waals surface area contributed by atoms with Gasteiger partial charge in [-0.25, -0.2) is 4.68 Å². The summed E-state index contributed by atoms with van der Waals surface area (Å²) in [6.45, 7) is 5.13. The fourth-order valence-corrected chi connectivity index (χ4v) is 2.29. The fraction of sp³-hybridized carbons (Fsp3) is 0.333. The topological polar surface area (TPSA) is 72.9 Å². The first-order valence-corrected chi connectivity index (χ1v) is 6.84. The minimum absolute atomic E-state index is 0.262. The molecule has 5 heteroatoms. The highest BCUT2D eigenvalue weighted by Gasteiger charge is 2.14. The number of para-hydroxylation sites is 1. The Kier molecular flexibility index (Phi) is 4.53. The maximum atomic E-state index is 11.2. The number of carbonyl (C=O) groups is 1. The number of amides is 1. The van der Waals surface area contributed by atoms with Crippen LogP contribution in [-0.4, -0.2) is 22.2 Å². The molecule has 5 nitrogen and oxygen atoms in total. The minimum Gasteiger partial charge on any atom is -0.366 e. The number of hydrogen-bond acceptors (Lipinski definition) is 3. The van der Waals surface area contributed by atoms with Gasteiger partial charge in [-0.15, -0.1) is 0 Å². The van der Waals surface area contributed by atoms with E-state index in [1.54, 1.807) is 10.9 Å². The van der Waals surface area contributed by atoms with Crippen LogP contribution in [0, 0.1) is 0 Å². The van der Waals surface area contributed by atoms with Gasteiger partial charge in [0.2, 0.25) is 0 Å². The minimum atomic E-state index is -0.465. The number of nitrogens with two attached hydrogens (primary N) is 1. The highest BCUT2D eigenvalue weighted by Crippen LogP contribution is 2.23. The number of nitrogens with zero attached hydrogens (tertiary/aromatic N) is 2. The average Bonchev–Trinajstić information content (AvgIpc) is 2.95. The van der Waals surface area contributed by atoms with Gasteiger partial charge in [0.25, 0.3) is 5.91 Å². The Morgan fingerprint density at radius 2 is 2.15 bits per heavy atom. The summed E-state index contributed by atoms with van der Waals surface area (Å²) in [5.74, 6) is -0.465. The third-order valence-electron chi connectivity index (χ3n) is 3.28. The molecular weight excluding hydrogens is 252 g/mol. The van der Waals surface area contributed by atoms with Crippen LogP contribution in [0.5, 0.6) is 0 Å². The van der Waals surface area contributed by atoms with Gasteiger partial charge < -0.3 is 11.1 Å². The largest absolute Gasteiger partial charge is 0.366 e. The van der Waals surface area contributed by atoms with Crippen LogP contribution in [0.4, 0.5) is 0 Å². The number of primary amides is 1. The van der Waals surface area contributed by atoms with Crippen molar-refractivity contribution >= 4 is 5.91 Å². The molecule has 0 aliphatic heterocycles. The number of hydrogen-bond donors (Lipinski definition) is 2. The van der Waals surface area contributed by atoms with Gasteiger partial charge in [-0.2, -0.15) is 5.10 Å². The van der Waals surface area contributed by atoms with Gasteiger partial charge in [-0.05, 0) is 24.6 Å². The Bertz CT molecular complexity index is 591. The Morgan fingerprint density at radius 1 is 1.40 bits per heavy atom. The molecule has 106 valence electrons. The van der Waals surface area contributed by atoms with E-state index in [0.29, 0.717) is 5.56 Å². The van der Waals surface area contributed by atoms with Gasteiger partial charge in [0.15, 0.2) is 0 Å². The van der Waals surface area contributed by atoms with Crippen molar-refractivity contribution in [3.63, 3.8) is 0 Å². The first-order valence-electron chi connectivity index (χ1n) is 6.84. The SMILES string of the molecule is CCNC(CC)c1ccccc1-n1cc(C(N)=O)cn1. The number of nitrogens with one attached hydrogen (secondary N) is 1. The molecule has 0 spiro atoms. The van der Waals surface area contributed by atoms with E-state index < -0.39 is 5.91 Å². The summed E-state index contributed by atoms with van der Waals surface area (Å²) < 4.78 is 1.70. The number of carbonyl (C=O) groups excluding carboxylic acids is 1. The normalized spacial score (nSPS) is 12.3. The van der Waals surface area contributed by atoms with Crippen molar-refractivity contribution in [2.75, 3.05) is 6.54 Å². The standard InChI is InChI=1S/C15H20N4O/c1-3-13(17-4-2)12-7-5-6-8-14(12)19-10-11(9-18-19)15(16)20/h5-10,13,17H,3-4H2,1-2H3,(H2,16,20). The van der Waals surface area contributed by atoms with E-state index in [9.17, 15) is 4.79 Å². The van der Waals surface area contributed by atoms with Crippen LogP contribution in [-0.2, 0) is 0 Å². The van der Waals surface area contributed by atoms with Crippen molar-refractivity contribution in [3.8, 4) is 5.69 Å². The lowest BCUT2D eigenvalue weighted by molar-refractivity contribution is 0.100. The second-order valence-electron chi connectivity index (χ2n) is 4.62. The van der Waals surface area contributed by atoms with Crippen LogP contribution in [0.1, 0.15) is 42.2 Å². The molecular formula is C15H20N4O. The van der Waals surface area contributed by atoms with E-state index in [1.807, 2.05) is 18.2 Å². The van der Waals surface area contributed by atoms with Crippen molar-refractivity contribution in [2.45, 2.75) is 26.3 Å². The summed E-state index contributed by atoms with van der Waals surface area (Å²) in [6, 6.07) is 8.31. The van der Waals surface area contributed by atoms with Gasteiger partial charge in [0.1, 0.15) is 0 Å². The number of benzene rings is 1. The average molecular weight is 272 g/mol. The molecule has 1 amide bonds. The van der Waals surface area contributed by atoms with Crippen molar-refractivity contribution < 1.29 is 4.79 Å². The summed E-state index contributed by atoms with van der Waals surface area (Å²) in [5.41, 5.74) is 7.81. The molecule has 3 N–H and O–H groups in total. The molecule has 1 aromatic heterocycles. The second-order valence-corrected chi connectivity index (χ2v) is 4.62. The van der Waals surface area contributed by atoms with E-state index in [4.69, 9.17) is 5.73 Å². The van der Waals surface area contributed by atoms with Crippen LogP contribution < -0.4 is 11.1 Å². The quantitative estimate of drug-likeness (QED) is 0.845. The van der Waals surface area contributed by atoms with Crippen LogP contribution in [0.25, 0.3) is 5.69 Å². The van der Waals surface area contributed by atoms with E-state index in [2.05, 4.69) is 30.3 Å². The van der Waals surface area contributed by atoms with Crippen LogP contribution in [0.2, 0.25) is 0 Å². The predicted molar refractivity (Wildman–Crippen MR) is 78.8 cm³/mol. The lowest BCUT2D eigenvalue weighted by atomic mass is 10.0. The van der Waals surface area contributed by atoms with Gasteiger partial charge in [-0.3, -0.25) is 4.79 Å². The van der Waals surface area contributed by atoms with E-state index in [-0.39, 0.29) is 6.04 Å². The number of aromatic nitrogens is 2. The third kappa shape index (κ3) is 2.88. The Morgan fingerprint density at radius 3 is 2.75 bits per heavy atom. The zero-order valence-electron chi connectivity index (χ0n) is 11.8. The van der Waals surface area contributed by atoms with Crippen molar-refractivity contribution in [3.05, 3.63) is 47.8 Å². The molecule has 2 rings (SSSR count). The molecule has 0 saturated carbocycles. The lowest BCUT2D eigenvalue weighted by Gasteiger charge is -2.19. The smallest absolute Gasteiger partial charge is 0.251 e. The molecule has 0 fully saturated rings. The zero-order valence-corrected chi connectivity index (χ0v) is 11.8. The first-order chi connectivity index (χ1) is 9.67. The van der Waals surface area contributed by atoms with Crippen LogP contribution in [0.15, 0.2) is 36.7 Å². The maximum absolute atomic E-state index is 11.2. The van der Waals surface area contributed by atoms with Crippen molar-refractivity contribution in [1.29, 1.82) is 0 Å².